The summed E-state index contributed by atoms with van der Waals surface area (Å²) in [6.07, 6.45) is -15.9. The van der Waals surface area contributed by atoms with Gasteiger partial charge >= 0.3 is 24.3 Å². The quantitative estimate of drug-likeness (QED) is 0.604. The van der Waals surface area contributed by atoms with Gasteiger partial charge in [0, 0.05) is 0 Å². The zero-order chi connectivity index (χ0) is 14.1. The third-order valence-electron chi connectivity index (χ3n) is 1.82. The van der Waals surface area contributed by atoms with Crippen molar-refractivity contribution in [2.45, 2.75) is 25.2 Å². The van der Waals surface area contributed by atoms with Crippen LogP contribution in [0.1, 0.15) is 12.8 Å². The van der Waals surface area contributed by atoms with Crippen LogP contribution in [-0.2, 0) is 9.59 Å². The molecule has 0 heterocycles. The molecule has 0 saturated heterocycles. The molecule has 2 N–H and O–H groups in total. The minimum atomic E-state index is -5.35. The van der Waals surface area contributed by atoms with E-state index in [1.165, 1.54) is 0 Å². The number of alkyl halides is 6. The second-order valence-electron chi connectivity index (χ2n) is 3.28. The molecule has 0 aromatic rings. The lowest BCUT2D eigenvalue weighted by molar-refractivity contribution is -0.214. The first kappa shape index (κ1) is 15.5. The molecule has 0 saturated carbocycles. The first-order chi connectivity index (χ1) is 7.30. The number of carboxylic acids is 2. The molecule has 0 radical (unpaired) electrons. The summed E-state index contributed by atoms with van der Waals surface area (Å²) in [6.45, 7) is 0. The van der Waals surface area contributed by atoms with E-state index < -0.39 is 42.5 Å². The highest BCUT2D eigenvalue weighted by molar-refractivity contribution is 5.98. The zero-order valence-corrected chi connectivity index (χ0v) is 7.89. The standard InChI is InChI=1S/C7H6F6O4/c8-6(9,10)1-5(3(14)15,4(16)17)2-7(11,12)13/h1-2H2,(H,14,15)(H,16,17). The third kappa shape index (κ3) is 4.49. The molecule has 4 nitrogen and oxygen atoms in total. The fourth-order valence-electron chi connectivity index (χ4n) is 1.14. The van der Waals surface area contributed by atoms with Gasteiger partial charge in [-0.15, -0.1) is 0 Å². The van der Waals surface area contributed by atoms with Gasteiger partial charge in [-0.3, -0.25) is 9.59 Å². The third-order valence-corrected chi connectivity index (χ3v) is 1.82. The molecule has 17 heavy (non-hydrogen) atoms. The van der Waals surface area contributed by atoms with E-state index in [-0.39, 0.29) is 0 Å². The Balaban J connectivity index is 5.46. The molecule has 0 aromatic heterocycles. The van der Waals surface area contributed by atoms with E-state index in [0.29, 0.717) is 0 Å². The van der Waals surface area contributed by atoms with Crippen molar-refractivity contribution in [1.29, 1.82) is 0 Å². The van der Waals surface area contributed by atoms with E-state index in [1.807, 2.05) is 0 Å². The lowest BCUT2D eigenvalue weighted by Gasteiger charge is -2.26. The highest BCUT2D eigenvalue weighted by Gasteiger charge is 2.59. The monoisotopic (exact) mass is 268 g/mol. The van der Waals surface area contributed by atoms with Crippen molar-refractivity contribution < 1.29 is 46.1 Å². The Labute approximate surface area is 89.8 Å². The van der Waals surface area contributed by atoms with Crippen LogP contribution in [0.25, 0.3) is 0 Å². The van der Waals surface area contributed by atoms with E-state index in [9.17, 15) is 35.9 Å². The zero-order valence-electron chi connectivity index (χ0n) is 7.89. The molecule has 0 unspecified atom stereocenters. The van der Waals surface area contributed by atoms with Crippen molar-refractivity contribution in [2.75, 3.05) is 0 Å². The number of aliphatic carboxylic acids is 2. The van der Waals surface area contributed by atoms with Crippen LogP contribution in [0.2, 0.25) is 0 Å². The molecule has 0 spiro atoms. The minimum Gasteiger partial charge on any atom is -0.480 e. The summed E-state index contributed by atoms with van der Waals surface area (Å²) in [6, 6.07) is 0. The van der Waals surface area contributed by atoms with Crippen molar-refractivity contribution in [1.82, 2.24) is 0 Å². The van der Waals surface area contributed by atoms with Crippen molar-refractivity contribution in [3.05, 3.63) is 0 Å². The van der Waals surface area contributed by atoms with Crippen LogP contribution in [0.4, 0.5) is 26.3 Å². The smallest absolute Gasteiger partial charge is 0.390 e. The normalized spacial score (nSPS) is 13.5. The van der Waals surface area contributed by atoms with Crippen molar-refractivity contribution in [2.24, 2.45) is 5.41 Å². The Morgan fingerprint density at radius 3 is 1.12 bits per heavy atom. The summed E-state index contributed by atoms with van der Waals surface area (Å²) in [5.74, 6) is -5.36. The molecule has 0 bridgehead atoms. The Hall–Kier alpha value is -1.48. The van der Waals surface area contributed by atoms with Crippen LogP contribution in [0, 0.1) is 5.41 Å². The molecule has 100 valence electrons. The predicted octanol–water partition coefficient (Wildman–Crippen LogP) is 2.05. The summed E-state index contributed by atoms with van der Waals surface area (Å²) in [4.78, 5) is 20.9. The van der Waals surface area contributed by atoms with Gasteiger partial charge in [-0.1, -0.05) is 0 Å². The second kappa shape index (κ2) is 4.41. The van der Waals surface area contributed by atoms with Crippen LogP contribution in [0.15, 0.2) is 0 Å². The van der Waals surface area contributed by atoms with E-state index in [1.54, 1.807) is 0 Å². The molecule has 0 fully saturated rings. The minimum absolute atomic E-state index is 2.59. The fourth-order valence-corrected chi connectivity index (χ4v) is 1.14. The van der Waals surface area contributed by atoms with Crippen LogP contribution in [0.5, 0.6) is 0 Å². The van der Waals surface area contributed by atoms with E-state index in [4.69, 9.17) is 10.2 Å². The highest BCUT2D eigenvalue weighted by Crippen LogP contribution is 2.42. The molecule has 0 amide bonds. The number of carboxylic acid groups (broad SMARTS) is 2. The Morgan fingerprint density at radius 1 is 0.765 bits per heavy atom. The number of hydrogen-bond donors (Lipinski definition) is 2. The summed E-state index contributed by atoms with van der Waals surface area (Å²) < 4.78 is 71.7. The largest absolute Gasteiger partial charge is 0.480 e. The van der Waals surface area contributed by atoms with E-state index >= 15 is 0 Å². The molecule has 0 rings (SSSR count). The molecule has 10 heteroatoms. The summed E-state index contributed by atoms with van der Waals surface area (Å²) >= 11 is 0. The van der Waals surface area contributed by atoms with Gasteiger partial charge in [0.05, 0.1) is 12.8 Å². The topological polar surface area (TPSA) is 74.6 Å². The van der Waals surface area contributed by atoms with Crippen LogP contribution in [-0.4, -0.2) is 34.5 Å². The van der Waals surface area contributed by atoms with Gasteiger partial charge in [0.15, 0.2) is 5.41 Å². The fraction of sp³-hybridized carbons (Fsp3) is 0.714. The van der Waals surface area contributed by atoms with Crippen LogP contribution in [0.3, 0.4) is 0 Å². The molecule has 0 aliphatic carbocycles. The molecule has 0 aliphatic rings. The van der Waals surface area contributed by atoms with Gasteiger partial charge in [-0.05, 0) is 0 Å². The Bertz CT molecular complexity index is 285. The van der Waals surface area contributed by atoms with Gasteiger partial charge in [0.2, 0.25) is 0 Å². The number of halogens is 6. The molecule has 0 atom stereocenters. The Kier molecular flexibility index (Phi) is 4.03. The van der Waals surface area contributed by atoms with Crippen LogP contribution < -0.4 is 0 Å². The highest BCUT2D eigenvalue weighted by atomic mass is 19.4. The Morgan fingerprint density at radius 2 is 1.00 bits per heavy atom. The summed E-state index contributed by atoms with van der Waals surface area (Å²) in [7, 11) is 0. The van der Waals surface area contributed by atoms with Crippen LogP contribution >= 0.6 is 0 Å². The average Bonchev–Trinajstić information content (AvgIpc) is 1.96. The van der Waals surface area contributed by atoms with Crippen molar-refractivity contribution >= 4 is 11.9 Å². The molecule has 0 aromatic carbocycles. The number of carbonyl (C=O) groups is 2. The summed E-state index contributed by atoms with van der Waals surface area (Å²) in [5.41, 5.74) is -3.95. The number of hydrogen-bond acceptors (Lipinski definition) is 2. The molecular formula is C7H6F6O4. The number of rotatable bonds is 4. The van der Waals surface area contributed by atoms with E-state index in [2.05, 4.69) is 0 Å². The molecular weight excluding hydrogens is 262 g/mol. The van der Waals surface area contributed by atoms with Gasteiger partial charge < -0.3 is 10.2 Å². The SMILES string of the molecule is O=C(O)C(CC(F)(F)F)(CC(F)(F)F)C(=O)O. The first-order valence-electron chi connectivity index (χ1n) is 3.90. The molecule has 0 aliphatic heterocycles. The predicted molar refractivity (Wildman–Crippen MR) is 39.0 cm³/mol. The first-order valence-corrected chi connectivity index (χ1v) is 3.90. The van der Waals surface area contributed by atoms with Gasteiger partial charge in [0.25, 0.3) is 0 Å². The van der Waals surface area contributed by atoms with Gasteiger partial charge in [-0.25, -0.2) is 0 Å². The average molecular weight is 268 g/mol. The van der Waals surface area contributed by atoms with Crippen molar-refractivity contribution in [3.63, 3.8) is 0 Å². The lowest BCUT2D eigenvalue weighted by Crippen LogP contribution is -2.46. The second-order valence-corrected chi connectivity index (χ2v) is 3.28. The van der Waals surface area contributed by atoms with Crippen molar-refractivity contribution in [3.8, 4) is 0 Å². The maximum absolute atomic E-state index is 12.0. The van der Waals surface area contributed by atoms with Gasteiger partial charge in [0.1, 0.15) is 0 Å². The van der Waals surface area contributed by atoms with Gasteiger partial charge in [-0.2, -0.15) is 26.3 Å². The lowest BCUT2D eigenvalue weighted by atomic mass is 9.80. The summed E-state index contributed by atoms with van der Waals surface area (Å²) in [5, 5.41) is 16.7. The maximum atomic E-state index is 12.0. The maximum Gasteiger partial charge on any atom is 0.390 e. The van der Waals surface area contributed by atoms with E-state index in [0.717, 1.165) is 0 Å².